The second-order valence-electron chi connectivity index (χ2n) is 2.01. The van der Waals surface area contributed by atoms with E-state index >= 15 is 0 Å². The third kappa shape index (κ3) is 4.85. The Balaban J connectivity index is 3.56. The summed E-state index contributed by atoms with van der Waals surface area (Å²) in [5, 5.41) is 16.4. The van der Waals surface area contributed by atoms with Gasteiger partial charge in [0.25, 0.3) is 0 Å². The van der Waals surface area contributed by atoms with Crippen molar-refractivity contribution >= 4 is 5.97 Å². The molecule has 0 bridgehead atoms. The fourth-order valence-corrected chi connectivity index (χ4v) is 0.426. The number of aliphatic carboxylic acids is 1. The summed E-state index contributed by atoms with van der Waals surface area (Å²) in [6.45, 7) is 1.74. The van der Waals surface area contributed by atoms with E-state index in [0.717, 1.165) is 6.08 Å². The Morgan fingerprint density at radius 2 is 2.50 bits per heavy atom. The number of nitrogens with zero attached hydrogens (tertiary/aromatic N) is 1. The molecule has 0 fully saturated rings. The molecule has 0 heterocycles. The van der Waals surface area contributed by atoms with Crippen LogP contribution in [0.25, 0.3) is 0 Å². The molecule has 1 N–H and O–H groups in total. The van der Waals surface area contributed by atoms with E-state index in [9.17, 15) is 4.79 Å². The topological polar surface area (TPSA) is 61.1 Å². The van der Waals surface area contributed by atoms with Crippen LogP contribution in [-0.4, -0.2) is 11.1 Å². The molecule has 0 amide bonds. The summed E-state index contributed by atoms with van der Waals surface area (Å²) in [5.41, 5.74) is 0. The minimum atomic E-state index is -0.967. The molecule has 3 heteroatoms. The molecule has 0 aliphatic carbocycles. The summed E-state index contributed by atoms with van der Waals surface area (Å²) in [7, 11) is 0. The summed E-state index contributed by atoms with van der Waals surface area (Å²) in [6, 6.07) is 1.99. The van der Waals surface area contributed by atoms with Gasteiger partial charge in [0.1, 0.15) is 0 Å². The molecular formula is C7H9NO2. The van der Waals surface area contributed by atoms with E-state index < -0.39 is 5.97 Å². The first-order valence-electron chi connectivity index (χ1n) is 2.96. The summed E-state index contributed by atoms with van der Waals surface area (Å²) < 4.78 is 0. The van der Waals surface area contributed by atoms with E-state index in [0.29, 0.717) is 6.42 Å². The lowest BCUT2D eigenvalue weighted by atomic mass is 10.1. The van der Waals surface area contributed by atoms with Crippen molar-refractivity contribution in [2.24, 2.45) is 5.92 Å². The van der Waals surface area contributed by atoms with Crippen LogP contribution in [0.2, 0.25) is 0 Å². The molecule has 0 aromatic heterocycles. The highest BCUT2D eigenvalue weighted by Crippen LogP contribution is 1.99. The SMILES string of the molecule is CC(C#N)C/C=C/C(=O)O. The van der Waals surface area contributed by atoms with Gasteiger partial charge in [-0.1, -0.05) is 6.08 Å². The van der Waals surface area contributed by atoms with Crippen molar-refractivity contribution in [2.75, 3.05) is 0 Å². The first kappa shape index (κ1) is 8.70. The Labute approximate surface area is 59.6 Å². The zero-order valence-electron chi connectivity index (χ0n) is 5.74. The summed E-state index contributed by atoms with van der Waals surface area (Å²) in [4.78, 5) is 9.90. The normalized spacial score (nSPS) is 12.8. The Morgan fingerprint density at radius 1 is 1.90 bits per heavy atom. The van der Waals surface area contributed by atoms with Gasteiger partial charge in [-0.25, -0.2) is 4.79 Å². The van der Waals surface area contributed by atoms with Crippen LogP contribution in [0.5, 0.6) is 0 Å². The van der Waals surface area contributed by atoms with Gasteiger partial charge < -0.3 is 5.11 Å². The van der Waals surface area contributed by atoms with Crippen LogP contribution in [0.1, 0.15) is 13.3 Å². The van der Waals surface area contributed by atoms with Gasteiger partial charge in [0.15, 0.2) is 0 Å². The molecule has 0 aromatic carbocycles. The monoisotopic (exact) mass is 139 g/mol. The number of rotatable bonds is 3. The first-order chi connectivity index (χ1) is 4.66. The van der Waals surface area contributed by atoms with Crippen LogP contribution >= 0.6 is 0 Å². The summed E-state index contributed by atoms with van der Waals surface area (Å²) in [6.07, 6.45) is 3.03. The van der Waals surface area contributed by atoms with Gasteiger partial charge in [-0.15, -0.1) is 0 Å². The lowest BCUT2D eigenvalue weighted by Gasteiger charge is -1.91. The molecule has 0 saturated heterocycles. The van der Waals surface area contributed by atoms with Crippen LogP contribution in [0, 0.1) is 17.2 Å². The number of carboxylic acids is 1. The fourth-order valence-electron chi connectivity index (χ4n) is 0.426. The average molecular weight is 139 g/mol. The standard InChI is InChI=1S/C7H9NO2/c1-6(5-8)3-2-4-7(9)10/h2,4,6H,3H2,1H3,(H,9,10)/b4-2+. The Kier molecular flexibility index (Phi) is 3.97. The summed E-state index contributed by atoms with van der Waals surface area (Å²) in [5.74, 6) is -1.07. The molecule has 0 aliphatic heterocycles. The molecule has 0 saturated carbocycles. The molecule has 0 radical (unpaired) electrons. The predicted octanol–water partition coefficient (Wildman–Crippen LogP) is 1.18. The van der Waals surface area contributed by atoms with Gasteiger partial charge in [-0.05, 0) is 13.3 Å². The number of hydrogen-bond donors (Lipinski definition) is 1. The van der Waals surface area contributed by atoms with Gasteiger partial charge in [0.2, 0.25) is 0 Å². The minimum Gasteiger partial charge on any atom is -0.478 e. The number of nitriles is 1. The third-order valence-corrected chi connectivity index (χ3v) is 0.970. The van der Waals surface area contributed by atoms with Crippen LogP contribution in [0.3, 0.4) is 0 Å². The molecule has 1 atom stereocenters. The fraction of sp³-hybridized carbons (Fsp3) is 0.429. The van der Waals surface area contributed by atoms with Gasteiger partial charge in [-0.2, -0.15) is 5.26 Å². The van der Waals surface area contributed by atoms with Gasteiger partial charge in [0.05, 0.1) is 6.07 Å². The number of hydrogen-bond acceptors (Lipinski definition) is 2. The molecule has 0 aromatic rings. The zero-order chi connectivity index (χ0) is 7.98. The van der Waals surface area contributed by atoms with E-state index in [1.807, 2.05) is 6.07 Å². The van der Waals surface area contributed by atoms with Crippen molar-refractivity contribution in [1.29, 1.82) is 5.26 Å². The van der Waals surface area contributed by atoms with E-state index in [1.165, 1.54) is 6.08 Å². The molecule has 1 unspecified atom stereocenters. The maximum atomic E-state index is 9.90. The second kappa shape index (κ2) is 4.57. The van der Waals surface area contributed by atoms with Crippen LogP contribution in [0.4, 0.5) is 0 Å². The highest BCUT2D eigenvalue weighted by Gasteiger charge is 1.94. The van der Waals surface area contributed by atoms with E-state index in [-0.39, 0.29) is 5.92 Å². The molecule has 0 rings (SSSR count). The second-order valence-corrected chi connectivity index (χ2v) is 2.01. The number of carboxylic acid groups (broad SMARTS) is 1. The third-order valence-electron chi connectivity index (χ3n) is 0.970. The largest absolute Gasteiger partial charge is 0.478 e. The predicted molar refractivity (Wildman–Crippen MR) is 36.2 cm³/mol. The zero-order valence-corrected chi connectivity index (χ0v) is 5.74. The van der Waals surface area contributed by atoms with Gasteiger partial charge in [0, 0.05) is 12.0 Å². The van der Waals surface area contributed by atoms with Crippen LogP contribution < -0.4 is 0 Å². The maximum Gasteiger partial charge on any atom is 0.327 e. The highest BCUT2D eigenvalue weighted by atomic mass is 16.4. The van der Waals surface area contributed by atoms with Crippen molar-refractivity contribution in [3.8, 4) is 6.07 Å². The molecule has 3 nitrogen and oxygen atoms in total. The van der Waals surface area contributed by atoms with Crippen molar-refractivity contribution in [3.63, 3.8) is 0 Å². The van der Waals surface area contributed by atoms with Crippen molar-refractivity contribution < 1.29 is 9.90 Å². The summed E-state index contributed by atoms with van der Waals surface area (Å²) >= 11 is 0. The van der Waals surface area contributed by atoms with E-state index in [2.05, 4.69) is 0 Å². The Hall–Kier alpha value is -1.30. The molecular weight excluding hydrogens is 130 g/mol. The van der Waals surface area contributed by atoms with Crippen molar-refractivity contribution in [1.82, 2.24) is 0 Å². The quantitative estimate of drug-likeness (QED) is 0.597. The van der Waals surface area contributed by atoms with Crippen LogP contribution in [-0.2, 0) is 4.79 Å². The van der Waals surface area contributed by atoms with Gasteiger partial charge in [-0.3, -0.25) is 0 Å². The molecule has 10 heavy (non-hydrogen) atoms. The smallest absolute Gasteiger partial charge is 0.327 e. The van der Waals surface area contributed by atoms with E-state index in [4.69, 9.17) is 10.4 Å². The molecule has 0 spiro atoms. The Morgan fingerprint density at radius 3 is 2.90 bits per heavy atom. The molecule has 54 valence electrons. The highest BCUT2D eigenvalue weighted by molar-refractivity contribution is 5.79. The minimum absolute atomic E-state index is 0.101. The maximum absolute atomic E-state index is 9.90. The lowest BCUT2D eigenvalue weighted by Crippen LogP contribution is -1.89. The number of allylic oxidation sites excluding steroid dienone is 1. The first-order valence-corrected chi connectivity index (χ1v) is 2.96. The molecule has 0 aliphatic rings. The lowest BCUT2D eigenvalue weighted by molar-refractivity contribution is -0.131. The van der Waals surface area contributed by atoms with Gasteiger partial charge >= 0.3 is 5.97 Å². The average Bonchev–Trinajstić information content (AvgIpc) is 1.87. The van der Waals surface area contributed by atoms with Crippen molar-refractivity contribution in [2.45, 2.75) is 13.3 Å². The number of carbonyl (C=O) groups is 1. The van der Waals surface area contributed by atoms with Crippen LogP contribution in [0.15, 0.2) is 12.2 Å². The van der Waals surface area contributed by atoms with Crippen molar-refractivity contribution in [3.05, 3.63) is 12.2 Å². The van der Waals surface area contributed by atoms with E-state index in [1.54, 1.807) is 6.92 Å². The Bertz CT molecular complexity index is 179.